The van der Waals surface area contributed by atoms with Gasteiger partial charge in [-0.2, -0.15) is 13.2 Å². The summed E-state index contributed by atoms with van der Waals surface area (Å²) >= 11 is 0. The highest BCUT2D eigenvalue weighted by molar-refractivity contribution is 5.96. The zero-order valence-electron chi connectivity index (χ0n) is 12.7. The van der Waals surface area contributed by atoms with Crippen molar-refractivity contribution in [3.63, 3.8) is 0 Å². The third kappa shape index (κ3) is 2.36. The number of para-hydroxylation sites is 1. The van der Waals surface area contributed by atoms with Gasteiger partial charge in [0.05, 0.1) is 22.3 Å². The normalized spacial score (nSPS) is 12.0. The maximum absolute atomic E-state index is 13.2. The van der Waals surface area contributed by atoms with E-state index < -0.39 is 11.7 Å². The second-order valence-electron chi connectivity index (χ2n) is 5.52. The third-order valence-electron chi connectivity index (χ3n) is 4.12. The number of fused-ring (bicyclic) bond motifs is 2. The molecule has 0 amide bonds. The van der Waals surface area contributed by atoms with Gasteiger partial charge in [-0.3, -0.25) is 4.98 Å². The largest absolute Gasteiger partial charge is 0.418 e. The molecular formula is C18H10F3N3O. The number of benzene rings is 2. The monoisotopic (exact) mass is 341 g/mol. The molecule has 0 fully saturated rings. The van der Waals surface area contributed by atoms with E-state index in [0.717, 1.165) is 6.07 Å². The van der Waals surface area contributed by atoms with Crippen molar-refractivity contribution in [3.8, 4) is 5.69 Å². The van der Waals surface area contributed by atoms with Gasteiger partial charge in [0.2, 0.25) is 0 Å². The third-order valence-corrected chi connectivity index (χ3v) is 4.12. The maximum atomic E-state index is 13.2. The van der Waals surface area contributed by atoms with Crippen LogP contribution in [0, 0.1) is 4.91 Å². The van der Waals surface area contributed by atoms with Crippen molar-refractivity contribution in [1.82, 2.24) is 9.55 Å². The van der Waals surface area contributed by atoms with Crippen LogP contribution in [0.3, 0.4) is 0 Å². The predicted molar refractivity (Wildman–Crippen MR) is 89.0 cm³/mol. The molecule has 2 aromatic carbocycles. The Bertz CT molecular complexity index is 1120. The molecule has 124 valence electrons. The van der Waals surface area contributed by atoms with Crippen LogP contribution in [0.25, 0.3) is 27.5 Å². The van der Waals surface area contributed by atoms with Crippen LogP contribution >= 0.6 is 0 Å². The first-order valence-electron chi connectivity index (χ1n) is 7.39. The van der Waals surface area contributed by atoms with Gasteiger partial charge < -0.3 is 4.57 Å². The first-order chi connectivity index (χ1) is 12.0. The van der Waals surface area contributed by atoms with Gasteiger partial charge in [-0.1, -0.05) is 18.2 Å². The van der Waals surface area contributed by atoms with Crippen LogP contribution in [0.4, 0.5) is 18.9 Å². The van der Waals surface area contributed by atoms with Crippen molar-refractivity contribution in [1.29, 1.82) is 0 Å². The van der Waals surface area contributed by atoms with Crippen molar-refractivity contribution >= 4 is 27.5 Å². The molecule has 0 spiro atoms. The number of pyridine rings is 1. The van der Waals surface area contributed by atoms with E-state index >= 15 is 0 Å². The minimum absolute atomic E-state index is 0.112. The Morgan fingerprint density at radius 1 is 0.960 bits per heavy atom. The lowest BCUT2D eigenvalue weighted by Crippen LogP contribution is -2.07. The van der Waals surface area contributed by atoms with Crippen molar-refractivity contribution in [2.45, 2.75) is 6.18 Å². The number of alkyl halides is 3. The SMILES string of the molecule is O=Nc1cccc2c1ccn2-c1ccnc2c(C(F)(F)F)cccc12. The zero-order chi connectivity index (χ0) is 17.6. The summed E-state index contributed by atoms with van der Waals surface area (Å²) < 4.78 is 41.5. The molecular weight excluding hydrogens is 331 g/mol. The second kappa shape index (κ2) is 5.41. The molecule has 0 aliphatic heterocycles. The molecule has 25 heavy (non-hydrogen) atoms. The summed E-state index contributed by atoms with van der Waals surface area (Å²) in [6, 6.07) is 12.4. The molecule has 7 heteroatoms. The van der Waals surface area contributed by atoms with E-state index in [2.05, 4.69) is 10.2 Å². The van der Waals surface area contributed by atoms with Crippen LogP contribution in [0.2, 0.25) is 0 Å². The van der Waals surface area contributed by atoms with Crippen molar-refractivity contribution in [3.05, 3.63) is 71.4 Å². The second-order valence-corrected chi connectivity index (χ2v) is 5.52. The summed E-state index contributed by atoms with van der Waals surface area (Å²) in [5.74, 6) is 0. The van der Waals surface area contributed by atoms with E-state index in [0.29, 0.717) is 22.0 Å². The van der Waals surface area contributed by atoms with Gasteiger partial charge in [-0.15, -0.1) is 4.91 Å². The molecule has 2 aromatic heterocycles. The summed E-state index contributed by atoms with van der Waals surface area (Å²) in [5.41, 5.74) is 0.624. The van der Waals surface area contributed by atoms with Gasteiger partial charge in [-0.05, 0) is 35.5 Å². The number of aromatic nitrogens is 2. The summed E-state index contributed by atoms with van der Waals surface area (Å²) in [4.78, 5) is 14.9. The Kier molecular flexibility index (Phi) is 3.31. The minimum atomic E-state index is -4.49. The van der Waals surface area contributed by atoms with E-state index in [1.807, 2.05) is 0 Å². The first kappa shape index (κ1) is 15.3. The lowest BCUT2D eigenvalue weighted by molar-refractivity contribution is -0.136. The lowest BCUT2D eigenvalue weighted by atomic mass is 10.1. The highest BCUT2D eigenvalue weighted by Crippen LogP contribution is 2.36. The Balaban J connectivity index is 2.05. The highest BCUT2D eigenvalue weighted by atomic mass is 19.4. The van der Waals surface area contributed by atoms with Crippen molar-refractivity contribution < 1.29 is 13.2 Å². The minimum Gasteiger partial charge on any atom is -0.316 e. The molecule has 4 nitrogen and oxygen atoms in total. The summed E-state index contributed by atoms with van der Waals surface area (Å²) in [7, 11) is 0. The molecule has 0 saturated carbocycles. The number of nitroso groups, excluding NO2 is 1. The molecule has 0 aliphatic rings. The molecule has 0 N–H and O–H groups in total. The first-order valence-corrected chi connectivity index (χ1v) is 7.39. The Morgan fingerprint density at radius 2 is 1.76 bits per heavy atom. The van der Waals surface area contributed by atoms with Gasteiger partial charge >= 0.3 is 6.18 Å². The van der Waals surface area contributed by atoms with Crippen molar-refractivity contribution in [2.75, 3.05) is 0 Å². The fourth-order valence-electron chi connectivity index (χ4n) is 3.04. The smallest absolute Gasteiger partial charge is 0.316 e. The quantitative estimate of drug-likeness (QED) is 0.446. The van der Waals surface area contributed by atoms with Gasteiger partial charge in [0.15, 0.2) is 0 Å². The predicted octanol–water partition coefficient (Wildman–Crippen LogP) is 5.60. The van der Waals surface area contributed by atoms with Crippen LogP contribution in [0.15, 0.2) is 66.1 Å². The molecule has 0 aliphatic carbocycles. The van der Waals surface area contributed by atoms with Crippen LogP contribution in [-0.4, -0.2) is 9.55 Å². The molecule has 0 bridgehead atoms. The van der Waals surface area contributed by atoms with Crippen molar-refractivity contribution in [2.24, 2.45) is 5.18 Å². The van der Waals surface area contributed by atoms with Gasteiger partial charge in [0, 0.05) is 23.2 Å². The molecule has 0 atom stereocenters. The zero-order valence-corrected chi connectivity index (χ0v) is 12.7. The van der Waals surface area contributed by atoms with Crippen LogP contribution in [0.1, 0.15) is 5.56 Å². The summed E-state index contributed by atoms with van der Waals surface area (Å²) in [6.07, 6.45) is -1.44. The van der Waals surface area contributed by atoms with Gasteiger partial charge in [0.25, 0.3) is 0 Å². The number of halogens is 3. The van der Waals surface area contributed by atoms with Gasteiger partial charge in [0.1, 0.15) is 5.69 Å². The van der Waals surface area contributed by atoms with E-state index in [1.165, 1.54) is 12.3 Å². The summed E-state index contributed by atoms with van der Waals surface area (Å²) in [5, 5.41) is 4.00. The standard InChI is InChI=1S/C18H10F3N3O/c19-18(20,21)13-4-1-3-12-16(7-9-22-17(12)13)24-10-8-11-14(23-25)5-2-6-15(11)24/h1-10H. The van der Waals surface area contributed by atoms with Crippen LogP contribution < -0.4 is 0 Å². The van der Waals surface area contributed by atoms with E-state index in [4.69, 9.17) is 0 Å². The fraction of sp³-hybridized carbons (Fsp3) is 0.0556. The molecule has 0 saturated heterocycles. The molecule has 4 aromatic rings. The highest BCUT2D eigenvalue weighted by Gasteiger charge is 2.33. The Morgan fingerprint density at radius 3 is 2.52 bits per heavy atom. The Labute approximate surface area is 139 Å². The van der Waals surface area contributed by atoms with E-state index in [1.54, 1.807) is 47.2 Å². The molecule has 0 unspecified atom stereocenters. The molecule has 0 radical (unpaired) electrons. The Hall–Kier alpha value is -3.22. The average Bonchev–Trinajstić information content (AvgIpc) is 3.03. The molecule has 2 heterocycles. The molecule has 4 rings (SSSR count). The number of nitrogens with zero attached hydrogens (tertiary/aromatic N) is 3. The fourth-order valence-corrected chi connectivity index (χ4v) is 3.04. The maximum Gasteiger partial charge on any atom is 0.418 e. The number of rotatable bonds is 2. The van der Waals surface area contributed by atoms with E-state index in [-0.39, 0.29) is 11.2 Å². The number of hydrogen-bond donors (Lipinski definition) is 0. The van der Waals surface area contributed by atoms with Gasteiger partial charge in [-0.25, -0.2) is 0 Å². The average molecular weight is 341 g/mol. The number of hydrogen-bond acceptors (Lipinski definition) is 3. The lowest BCUT2D eigenvalue weighted by Gasteiger charge is -2.13. The van der Waals surface area contributed by atoms with Crippen LogP contribution in [0.5, 0.6) is 0 Å². The topological polar surface area (TPSA) is 47.2 Å². The van der Waals surface area contributed by atoms with Crippen LogP contribution in [-0.2, 0) is 6.18 Å². The summed E-state index contributed by atoms with van der Waals surface area (Å²) in [6.45, 7) is 0. The van der Waals surface area contributed by atoms with E-state index in [9.17, 15) is 18.1 Å².